The number of nitrogens with one attached hydrogen (secondary N) is 2. The van der Waals surface area contributed by atoms with E-state index < -0.39 is 15.9 Å². The van der Waals surface area contributed by atoms with Crippen LogP contribution in [0.2, 0.25) is 0 Å². The molecule has 2 N–H and O–H groups in total. The highest BCUT2D eigenvalue weighted by Crippen LogP contribution is 2.15. The van der Waals surface area contributed by atoms with E-state index in [1.807, 2.05) is 24.4 Å². The summed E-state index contributed by atoms with van der Waals surface area (Å²) in [5.41, 5.74) is 1.06. The molecule has 0 aliphatic rings. The molecule has 0 spiro atoms. The van der Waals surface area contributed by atoms with Crippen molar-refractivity contribution >= 4 is 38.7 Å². The SMILES string of the molecule is CCCCNS(=O)(=O)c1cccc(NC(=O)CON=C(C)c2cccs2)c1. The van der Waals surface area contributed by atoms with E-state index in [4.69, 9.17) is 4.84 Å². The van der Waals surface area contributed by atoms with Crippen LogP contribution in [0, 0.1) is 0 Å². The molecule has 1 aromatic carbocycles. The minimum absolute atomic E-state index is 0.101. The maximum absolute atomic E-state index is 12.2. The highest BCUT2D eigenvalue weighted by atomic mass is 32.2. The third kappa shape index (κ3) is 6.78. The maximum Gasteiger partial charge on any atom is 0.265 e. The molecule has 0 fully saturated rings. The van der Waals surface area contributed by atoms with Crippen LogP contribution in [-0.2, 0) is 19.7 Å². The van der Waals surface area contributed by atoms with Gasteiger partial charge in [-0.15, -0.1) is 11.3 Å². The third-order valence-corrected chi connectivity index (χ3v) is 5.96. The molecule has 7 nitrogen and oxygen atoms in total. The number of anilines is 1. The summed E-state index contributed by atoms with van der Waals surface area (Å²) in [5.74, 6) is -0.425. The minimum atomic E-state index is -3.60. The molecule has 0 saturated carbocycles. The summed E-state index contributed by atoms with van der Waals surface area (Å²) in [6.45, 7) is 3.89. The number of rotatable bonds is 10. The van der Waals surface area contributed by atoms with Crippen molar-refractivity contribution in [2.45, 2.75) is 31.6 Å². The van der Waals surface area contributed by atoms with E-state index in [0.717, 1.165) is 17.7 Å². The summed E-state index contributed by atoms with van der Waals surface area (Å²) in [4.78, 5) is 18.1. The summed E-state index contributed by atoms with van der Waals surface area (Å²) in [6.07, 6.45) is 1.66. The Bertz CT molecular complexity index is 878. The third-order valence-electron chi connectivity index (χ3n) is 3.53. The largest absolute Gasteiger partial charge is 0.385 e. The lowest BCUT2D eigenvalue weighted by molar-refractivity contribution is -0.120. The van der Waals surface area contributed by atoms with Gasteiger partial charge in [-0.05, 0) is 43.0 Å². The summed E-state index contributed by atoms with van der Waals surface area (Å²) in [6, 6.07) is 9.89. The van der Waals surface area contributed by atoms with E-state index in [0.29, 0.717) is 17.9 Å². The molecule has 146 valence electrons. The smallest absolute Gasteiger partial charge is 0.265 e. The molecule has 1 amide bonds. The molecule has 0 bridgehead atoms. The van der Waals surface area contributed by atoms with Gasteiger partial charge in [-0.25, -0.2) is 13.1 Å². The molecule has 1 aromatic heterocycles. The van der Waals surface area contributed by atoms with E-state index in [1.165, 1.54) is 23.5 Å². The number of nitrogens with zero attached hydrogens (tertiary/aromatic N) is 1. The number of hydrogen-bond donors (Lipinski definition) is 2. The molecule has 0 unspecified atom stereocenters. The molecular formula is C18H23N3O4S2. The van der Waals surface area contributed by atoms with Crippen LogP contribution in [0.3, 0.4) is 0 Å². The van der Waals surface area contributed by atoms with Crippen LogP contribution in [-0.4, -0.2) is 33.2 Å². The van der Waals surface area contributed by atoms with Crippen molar-refractivity contribution < 1.29 is 18.0 Å². The second kappa shape index (κ2) is 10.2. The molecule has 0 atom stereocenters. The molecule has 0 aliphatic carbocycles. The Kier molecular flexibility index (Phi) is 7.96. The number of carbonyl (C=O) groups excluding carboxylic acids is 1. The van der Waals surface area contributed by atoms with Crippen molar-refractivity contribution in [1.82, 2.24) is 4.72 Å². The van der Waals surface area contributed by atoms with Gasteiger partial charge in [0.2, 0.25) is 10.0 Å². The first-order chi connectivity index (χ1) is 12.9. The number of carbonyl (C=O) groups is 1. The number of benzene rings is 1. The van der Waals surface area contributed by atoms with Gasteiger partial charge in [0.25, 0.3) is 5.91 Å². The van der Waals surface area contributed by atoms with Crippen LogP contribution in [0.4, 0.5) is 5.69 Å². The van der Waals surface area contributed by atoms with Gasteiger partial charge < -0.3 is 10.2 Å². The standard InChI is InChI=1S/C18H23N3O4S2/c1-3-4-10-19-27(23,24)16-8-5-7-15(12-16)20-18(22)13-25-21-14(2)17-9-6-11-26-17/h5-9,11-12,19H,3-4,10,13H2,1-2H3,(H,20,22). The summed E-state index contributed by atoms with van der Waals surface area (Å²) in [7, 11) is -3.60. The molecule has 2 aromatic rings. The zero-order chi connectivity index (χ0) is 19.7. The molecule has 2 rings (SSSR count). The second-order valence-electron chi connectivity index (χ2n) is 5.75. The summed E-state index contributed by atoms with van der Waals surface area (Å²) < 4.78 is 27.0. The molecule has 1 heterocycles. The van der Waals surface area contributed by atoms with Crippen LogP contribution < -0.4 is 10.0 Å². The van der Waals surface area contributed by atoms with Gasteiger partial charge in [0, 0.05) is 12.2 Å². The quantitative estimate of drug-likeness (QED) is 0.358. The van der Waals surface area contributed by atoms with Crippen molar-refractivity contribution in [3.05, 3.63) is 46.7 Å². The Morgan fingerprint density at radius 2 is 2.07 bits per heavy atom. The van der Waals surface area contributed by atoms with Crippen LogP contribution >= 0.6 is 11.3 Å². The Labute approximate surface area is 163 Å². The number of amides is 1. The first-order valence-electron chi connectivity index (χ1n) is 8.52. The molecule has 9 heteroatoms. The van der Waals surface area contributed by atoms with E-state index in [-0.39, 0.29) is 11.5 Å². The molecule has 27 heavy (non-hydrogen) atoms. The number of hydrogen-bond acceptors (Lipinski definition) is 6. The van der Waals surface area contributed by atoms with Gasteiger partial charge in [-0.3, -0.25) is 4.79 Å². The van der Waals surface area contributed by atoms with E-state index in [9.17, 15) is 13.2 Å². The maximum atomic E-state index is 12.2. The van der Waals surface area contributed by atoms with Gasteiger partial charge in [-0.1, -0.05) is 30.6 Å². The van der Waals surface area contributed by atoms with Gasteiger partial charge in [0.05, 0.1) is 15.5 Å². The lowest BCUT2D eigenvalue weighted by Crippen LogP contribution is -2.25. The van der Waals surface area contributed by atoms with Crippen molar-refractivity contribution in [3.8, 4) is 0 Å². The fraction of sp³-hybridized carbons (Fsp3) is 0.333. The normalized spacial score (nSPS) is 12.0. The van der Waals surface area contributed by atoms with Crippen molar-refractivity contribution in [1.29, 1.82) is 0 Å². The highest BCUT2D eigenvalue weighted by molar-refractivity contribution is 7.89. The van der Waals surface area contributed by atoms with Crippen molar-refractivity contribution in [2.24, 2.45) is 5.16 Å². The van der Waals surface area contributed by atoms with Gasteiger partial charge in [-0.2, -0.15) is 0 Å². The number of oxime groups is 1. The van der Waals surface area contributed by atoms with Gasteiger partial charge in [0.15, 0.2) is 6.61 Å². The Morgan fingerprint density at radius 1 is 1.26 bits per heavy atom. The van der Waals surface area contributed by atoms with Crippen LogP contribution in [0.25, 0.3) is 0 Å². The van der Waals surface area contributed by atoms with Crippen LogP contribution in [0.15, 0.2) is 51.8 Å². The van der Waals surface area contributed by atoms with Crippen molar-refractivity contribution in [2.75, 3.05) is 18.5 Å². The van der Waals surface area contributed by atoms with Crippen molar-refractivity contribution in [3.63, 3.8) is 0 Å². The zero-order valence-corrected chi connectivity index (χ0v) is 16.9. The first kappa shape index (κ1) is 21.1. The Hall–Kier alpha value is -2.23. The fourth-order valence-electron chi connectivity index (χ4n) is 2.12. The first-order valence-corrected chi connectivity index (χ1v) is 10.9. The number of thiophene rings is 1. The van der Waals surface area contributed by atoms with E-state index >= 15 is 0 Å². The lowest BCUT2D eigenvalue weighted by Gasteiger charge is -2.09. The Morgan fingerprint density at radius 3 is 2.78 bits per heavy atom. The lowest BCUT2D eigenvalue weighted by atomic mass is 10.3. The average molecular weight is 410 g/mol. The molecule has 0 saturated heterocycles. The van der Waals surface area contributed by atoms with E-state index in [2.05, 4.69) is 15.2 Å². The predicted octanol–water partition coefficient (Wildman–Crippen LogP) is 3.21. The van der Waals surface area contributed by atoms with Gasteiger partial charge >= 0.3 is 0 Å². The molecule has 0 aliphatic heterocycles. The topological polar surface area (TPSA) is 96.9 Å². The molecular weight excluding hydrogens is 386 g/mol. The second-order valence-corrected chi connectivity index (χ2v) is 8.47. The predicted molar refractivity (Wildman–Crippen MR) is 108 cm³/mol. The van der Waals surface area contributed by atoms with Crippen LogP contribution in [0.1, 0.15) is 31.6 Å². The average Bonchev–Trinajstić information content (AvgIpc) is 3.17. The monoisotopic (exact) mass is 409 g/mol. The molecule has 0 radical (unpaired) electrons. The fourth-order valence-corrected chi connectivity index (χ4v) is 3.91. The highest BCUT2D eigenvalue weighted by Gasteiger charge is 2.14. The number of unbranched alkanes of at least 4 members (excludes halogenated alkanes) is 1. The van der Waals surface area contributed by atoms with E-state index in [1.54, 1.807) is 19.1 Å². The zero-order valence-electron chi connectivity index (χ0n) is 15.3. The Balaban J connectivity index is 1.91. The van der Waals surface area contributed by atoms with Gasteiger partial charge in [0.1, 0.15) is 0 Å². The number of sulfonamides is 1. The van der Waals surface area contributed by atoms with Crippen LogP contribution in [0.5, 0.6) is 0 Å². The summed E-state index contributed by atoms with van der Waals surface area (Å²) in [5, 5.41) is 8.44. The summed E-state index contributed by atoms with van der Waals surface area (Å²) >= 11 is 1.53. The minimum Gasteiger partial charge on any atom is -0.385 e.